The lowest BCUT2D eigenvalue weighted by atomic mass is 9.94. The Hall–Kier alpha value is -4.37. The predicted molar refractivity (Wildman–Crippen MR) is 147 cm³/mol. The number of aliphatic hydroxyl groups is 1. The third-order valence-corrected chi connectivity index (χ3v) is 6.85. The van der Waals surface area contributed by atoms with Gasteiger partial charge in [-0.15, -0.1) is 0 Å². The van der Waals surface area contributed by atoms with Gasteiger partial charge in [-0.05, 0) is 42.3 Å². The Bertz CT molecular complexity index is 1460. The summed E-state index contributed by atoms with van der Waals surface area (Å²) in [6.07, 6.45) is 0. The van der Waals surface area contributed by atoms with Crippen molar-refractivity contribution >= 4 is 34.7 Å². The van der Waals surface area contributed by atoms with Crippen LogP contribution in [0.2, 0.25) is 5.02 Å². The minimum atomic E-state index is -1.06. The molecule has 1 aliphatic rings. The van der Waals surface area contributed by atoms with Crippen LogP contribution in [0.15, 0.2) is 54.1 Å². The number of ether oxygens (including phenoxy) is 5. The number of anilines is 1. The van der Waals surface area contributed by atoms with Gasteiger partial charge in [0.05, 0.1) is 57.8 Å². The third-order valence-electron chi connectivity index (χ3n) is 6.55. The molecule has 1 N–H and O–H groups in total. The molecule has 0 aromatic heterocycles. The number of para-hydroxylation sites is 1. The molecule has 3 aromatic carbocycles. The number of amides is 1. The number of ketones is 1. The molecule has 3 aromatic rings. The van der Waals surface area contributed by atoms with Crippen molar-refractivity contribution in [3.63, 3.8) is 0 Å². The van der Waals surface area contributed by atoms with Gasteiger partial charge in [0.2, 0.25) is 5.75 Å². The molecule has 1 heterocycles. The highest BCUT2D eigenvalue weighted by atomic mass is 35.5. The van der Waals surface area contributed by atoms with Gasteiger partial charge in [-0.25, -0.2) is 0 Å². The maximum absolute atomic E-state index is 13.7. The second kappa shape index (κ2) is 11.2. The molecular weight excluding hydrogens is 526 g/mol. The zero-order valence-corrected chi connectivity index (χ0v) is 23.1. The number of hydrogen-bond donors (Lipinski definition) is 1. The van der Waals surface area contributed by atoms with Crippen LogP contribution in [-0.2, 0) is 9.59 Å². The Kier molecular flexibility index (Phi) is 7.92. The highest BCUT2D eigenvalue weighted by Gasteiger charge is 2.48. The number of Topliss-reactive ketones (excluding diaryl/α,β-unsaturated/α-hetero) is 1. The predicted octanol–water partition coefficient (Wildman–Crippen LogP) is 5.32. The number of carbonyl (C=O) groups is 2. The van der Waals surface area contributed by atoms with Gasteiger partial charge in [0.1, 0.15) is 17.3 Å². The SMILES string of the molecule is COc1cc(/C(O)=C2\C(=O)C(=O)N(c3ccccc3C)C2c2cc(OC)c(OC)c(OC)c2)c(OC)cc1Cl. The summed E-state index contributed by atoms with van der Waals surface area (Å²) in [6.45, 7) is 1.83. The van der Waals surface area contributed by atoms with Crippen molar-refractivity contribution in [3.8, 4) is 28.7 Å². The molecule has 0 bridgehead atoms. The minimum Gasteiger partial charge on any atom is -0.507 e. The molecule has 1 aliphatic heterocycles. The maximum Gasteiger partial charge on any atom is 0.300 e. The minimum absolute atomic E-state index is 0.124. The van der Waals surface area contributed by atoms with Gasteiger partial charge in [-0.1, -0.05) is 29.8 Å². The standard InChI is InChI=1S/C29H28ClNO8/c1-15-9-7-8-10-19(15)31-25(16-11-22(37-4)28(39-6)23(12-16)38-5)24(27(33)29(31)34)26(32)17-13-21(36-3)18(30)14-20(17)35-2/h7-14,25,32H,1-6H3/b26-24+. The van der Waals surface area contributed by atoms with Gasteiger partial charge in [-0.2, -0.15) is 0 Å². The summed E-state index contributed by atoms with van der Waals surface area (Å²) in [4.78, 5) is 28.6. The van der Waals surface area contributed by atoms with Crippen molar-refractivity contribution in [1.82, 2.24) is 0 Å². The van der Waals surface area contributed by atoms with E-state index in [0.717, 1.165) is 5.56 Å². The summed E-state index contributed by atoms with van der Waals surface area (Å²) in [7, 11) is 7.22. The van der Waals surface area contributed by atoms with Gasteiger partial charge < -0.3 is 28.8 Å². The fraction of sp³-hybridized carbons (Fsp3) is 0.241. The van der Waals surface area contributed by atoms with E-state index in [-0.39, 0.29) is 27.7 Å². The average molecular weight is 554 g/mol. The molecule has 39 heavy (non-hydrogen) atoms. The molecule has 0 aliphatic carbocycles. The van der Waals surface area contributed by atoms with Crippen molar-refractivity contribution < 1.29 is 38.4 Å². The molecule has 9 nitrogen and oxygen atoms in total. The van der Waals surface area contributed by atoms with Crippen molar-refractivity contribution in [1.29, 1.82) is 0 Å². The van der Waals surface area contributed by atoms with Crippen LogP contribution in [0.25, 0.3) is 5.76 Å². The number of aliphatic hydroxyl groups excluding tert-OH is 1. The number of rotatable bonds is 8. The summed E-state index contributed by atoms with van der Waals surface area (Å²) >= 11 is 6.27. The number of hydrogen-bond acceptors (Lipinski definition) is 8. The summed E-state index contributed by atoms with van der Waals surface area (Å²) < 4.78 is 27.3. The summed E-state index contributed by atoms with van der Waals surface area (Å²) in [5.41, 5.74) is 1.65. The van der Waals surface area contributed by atoms with Crippen LogP contribution in [0.5, 0.6) is 28.7 Å². The molecule has 1 saturated heterocycles. The molecular formula is C29H28ClNO8. The lowest BCUT2D eigenvalue weighted by molar-refractivity contribution is -0.132. The number of carbonyl (C=O) groups excluding carboxylic acids is 2. The Balaban J connectivity index is 2.09. The van der Waals surface area contributed by atoms with E-state index >= 15 is 0 Å². The third kappa shape index (κ3) is 4.70. The highest BCUT2D eigenvalue weighted by Crippen LogP contribution is 2.48. The normalized spacial score (nSPS) is 16.3. The topological polar surface area (TPSA) is 104 Å². The molecule has 1 fully saturated rings. The van der Waals surface area contributed by atoms with E-state index in [2.05, 4.69) is 0 Å². The summed E-state index contributed by atoms with van der Waals surface area (Å²) in [5, 5.41) is 11.9. The van der Waals surface area contributed by atoms with Gasteiger partial charge in [0.15, 0.2) is 11.5 Å². The number of benzene rings is 3. The van der Waals surface area contributed by atoms with E-state index in [9.17, 15) is 14.7 Å². The zero-order valence-electron chi connectivity index (χ0n) is 22.3. The Labute approximate surface area is 231 Å². The monoisotopic (exact) mass is 553 g/mol. The number of nitrogens with zero attached hydrogens (tertiary/aromatic N) is 1. The molecule has 4 rings (SSSR count). The summed E-state index contributed by atoms with van der Waals surface area (Å²) in [6, 6.07) is 12.3. The van der Waals surface area contributed by atoms with Crippen molar-refractivity contribution in [2.75, 3.05) is 40.4 Å². The first-order chi connectivity index (χ1) is 18.7. The van der Waals surface area contributed by atoms with Crippen LogP contribution in [0.4, 0.5) is 5.69 Å². The molecule has 1 unspecified atom stereocenters. The van der Waals surface area contributed by atoms with E-state index in [1.165, 1.54) is 52.6 Å². The quantitative estimate of drug-likeness (QED) is 0.227. The Morgan fingerprint density at radius 2 is 1.41 bits per heavy atom. The van der Waals surface area contributed by atoms with Gasteiger partial charge in [0, 0.05) is 11.8 Å². The van der Waals surface area contributed by atoms with Crippen LogP contribution in [-0.4, -0.2) is 52.3 Å². The van der Waals surface area contributed by atoms with Crippen LogP contribution in [0.3, 0.4) is 0 Å². The second-order valence-corrected chi connectivity index (χ2v) is 9.01. The summed E-state index contributed by atoms with van der Waals surface area (Å²) in [5.74, 6) is -0.771. The molecule has 0 spiro atoms. The Morgan fingerprint density at radius 1 is 0.821 bits per heavy atom. The number of halogens is 1. The number of aryl methyl sites for hydroxylation is 1. The zero-order chi connectivity index (χ0) is 28.4. The molecule has 1 amide bonds. The lowest BCUT2D eigenvalue weighted by Gasteiger charge is -2.28. The first-order valence-corrected chi connectivity index (χ1v) is 12.2. The van der Waals surface area contributed by atoms with E-state index in [0.29, 0.717) is 28.5 Å². The van der Waals surface area contributed by atoms with E-state index in [1.54, 1.807) is 24.3 Å². The second-order valence-electron chi connectivity index (χ2n) is 8.60. The first-order valence-electron chi connectivity index (χ1n) is 11.8. The highest BCUT2D eigenvalue weighted by molar-refractivity contribution is 6.52. The lowest BCUT2D eigenvalue weighted by Crippen LogP contribution is -2.30. The van der Waals surface area contributed by atoms with Crippen molar-refractivity contribution in [2.45, 2.75) is 13.0 Å². The van der Waals surface area contributed by atoms with Gasteiger partial charge >= 0.3 is 0 Å². The first kappa shape index (κ1) is 27.7. The van der Waals surface area contributed by atoms with E-state index in [4.69, 9.17) is 35.3 Å². The largest absolute Gasteiger partial charge is 0.507 e. The number of methoxy groups -OCH3 is 5. The van der Waals surface area contributed by atoms with Gasteiger partial charge in [0.25, 0.3) is 11.7 Å². The van der Waals surface area contributed by atoms with E-state index in [1.807, 2.05) is 19.1 Å². The molecule has 0 radical (unpaired) electrons. The van der Waals surface area contributed by atoms with Crippen LogP contribution >= 0.6 is 11.6 Å². The smallest absolute Gasteiger partial charge is 0.300 e. The molecule has 1 atom stereocenters. The van der Waals surface area contributed by atoms with Crippen molar-refractivity contribution in [3.05, 3.63) is 75.8 Å². The fourth-order valence-electron chi connectivity index (χ4n) is 4.68. The molecule has 0 saturated carbocycles. The van der Waals surface area contributed by atoms with Crippen LogP contribution in [0, 0.1) is 6.92 Å². The molecule has 10 heteroatoms. The fourth-order valence-corrected chi connectivity index (χ4v) is 4.91. The van der Waals surface area contributed by atoms with Crippen molar-refractivity contribution in [2.24, 2.45) is 0 Å². The van der Waals surface area contributed by atoms with Crippen LogP contribution < -0.4 is 28.6 Å². The van der Waals surface area contributed by atoms with Crippen LogP contribution in [0.1, 0.15) is 22.7 Å². The van der Waals surface area contributed by atoms with E-state index < -0.39 is 23.5 Å². The average Bonchev–Trinajstić information content (AvgIpc) is 3.21. The maximum atomic E-state index is 13.7. The molecule has 204 valence electrons. The Morgan fingerprint density at radius 3 is 1.95 bits per heavy atom. The van der Waals surface area contributed by atoms with Gasteiger partial charge in [-0.3, -0.25) is 14.5 Å².